The summed E-state index contributed by atoms with van der Waals surface area (Å²) >= 11 is 0. The summed E-state index contributed by atoms with van der Waals surface area (Å²) in [5, 5.41) is 20.7. The molecular weight excluding hydrogens is 226 g/mol. The van der Waals surface area contributed by atoms with Crippen LogP contribution in [0.5, 0.6) is 0 Å². The Morgan fingerprint density at radius 2 is 1.72 bits per heavy atom. The minimum atomic E-state index is -0.837. The summed E-state index contributed by atoms with van der Waals surface area (Å²) < 4.78 is 5.54. The topological polar surface area (TPSA) is 53.2 Å². The second kappa shape index (κ2) is 5.59. The van der Waals surface area contributed by atoms with Crippen molar-refractivity contribution < 1.29 is 9.84 Å². The van der Waals surface area contributed by atoms with Crippen molar-refractivity contribution in [3.63, 3.8) is 0 Å². The van der Waals surface area contributed by atoms with Gasteiger partial charge in [-0.05, 0) is 19.8 Å². The van der Waals surface area contributed by atoms with E-state index in [-0.39, 0.29) is 6.10 Å². The maximum absolute atomic E-state index is 11.0. The lowest BCUT2D eigenvalue weighted by Crippen LogP contribution is -2.53. The number of aliphatic hydroxyl groups is 1. The minimum Gasteiger partial charge on any atom is -0.388 e. The molecule has 2 atom stereocenters. The maximum Gasteiger partial charge on any atom is 0.0879 e. The van der Waals surface area contributed by atoms with Gasteiger partial charge in [-0.3, -0.25) is 0 Å². The first-order valence-corrected chi connectivity index (χ1v) is 7.37. The fourth-order valence-corrected chi connectivity index (χ4v) is 3.69. The molecule has 1 aliphatic heterocycles. The highest BCUT2D eigenvalue weighted by molar-refractivity contribution is 5.12. The highest BCUT2D eigenvalue weighted by atomic mass is 16.5. The van der Waals surface area contributed by atoms with Gasteiger partial charge in [-0.2, -0.15) is 5.26 Å². The summed E-state index contributed by atoms with van der Waals surface area (Å²) in [5.74, 6) is 0. The third-order valence-electron chi connectivity index (χ3n) is 4.86. The Bertz CT molecular complexity index is 315. The predicted molar refractivity (Wildman–Crippen MR) is 70.0 cm³/mol. The van der Waals surface area contributed by atoms with Gasteiger partial charge in [-0.1, -0.05) is 32.1 Å². The maximum atomic E-state index is 11.0. The molecule has 0 aromatic heterocycles. The monoisotopic (exact) mass is 251 g/mol. The number of nitrogens with zero attached hydrogens (tertiary/aromatic N) is 1. The second-order valence-electron chi connectivity index (χ2n) is 6.13. The molecule has 2 unspecified atom stereocenters. The first kappa shape index (κ1) is 13.8. The molecule has 0 aromatic carbocycles. The molecule has 0 amide bonds. The summed E-state index contributed by atoms with van der Waals surface area (Å²) in [6.45, 7) is 2.58. The van der Waals surface area contributed by atoms with Crippen LogP contribution < -0.4 is 0 Å². The van der Waals surface area contributed by atoms with E-state index < -0.39 is 11.0 Å². The molecule has 2 fully saturated rings. The predicted octanol–water partition coefficient (Wildman–Crippen LogP) is 3.17. The van der Waals surface area contributed by atoms with Gasteiger partial charge in [0.2, 0.25) is 0 Å². The second-order valence-corrected chi connectivity index (χ2v) is 6.13. The Morgan fingerprint density at radius 1 is 1.11 bits per heavy atom. The highest BCUT2D eigenvalue weighted by Crippen LogP contribution is 2.48. The highest BCUT2D eigenvalue weighted by Gasteiger charge is 2.52. The normalized spacial score (nSPS) is 37.3. The van der Waals surface area contributed by atoms with Crippen molar-refractivity contribution in [2.24, 2.45) is 5.41 Å². The van der Waals surface area contributed by atoms with E-state index in [1.54, 1.807) is 0 Å². The van der Waals surface area contributed by atoms with Crippen LogP contribution in [0.15, 0.2) is 0 Å². The van der Waals surface area contributed by atoms with E-state index >= 15 is 0 Å². The number of nitriles is 1. The van der Waals surface area contributed by atoms with Crippen LogP contribution in [0.25, 0.3) is 0 Å². The Hall–Kier alpha value is -0.590. The molecule has 3 nitrogen and oxygen atoms in total. The SMILES string of the molecule is CC1CC(O)(C2(C#N)CCCCCCC2)CCO1. The average molecular weight is 251 g/mol. The molecule has 102 valence electrons. The van der Waals surface area contributed by atoms with Gasteiger partial charge in [-0.15, -0.1) is 0 Å². The summed E-state index contributed by atoms with van der Waals surface area (Å²) in [7, 11) is 0. The van der Waals surface area contributed by atoms with Gasteiger partial charge in [0, 0.05) is 19.4 Å². The van der Waals surface area contributed by atoms with Gasteiger partial charge in [0.05, 0.1) is 23.2 Å². The standard InChI is InChI=1S/C15H25NO2/c1-13-11-15(17,9-10-18-13)14(12-16)7-5-3-2-4-6-8-14/h13,17H,2-11H2,1H3. The van der Waals surface area contributed by atoms with E-state index in [1.807, 2.05) is 6.92 Å². The molecule has 18 heavy (non-hydrogen) atoms. The molecule has 1 N–H and O–H groups in total. The first-order chi connectivity index (χ1) is 8.62. The smallest absolute Gasteiger partial charge is 0.0879 e. The largest absolute Gasteiger partial charge is 0.388 e. The molecule has 3 heteroatoms. The molecule has 1 saturated carbocycles. The van der Waals surface area contributed by atoms with E-state index in [0.717, 1.165) is 25.7 Å². The van der Waals surface area contributed by atoms with Crippen molar-refractivity contribution in [1.29, 1.82) is 5.26 Å². The van der Waals surface area contributed by atoms with E-state index in [0.29, 0.717) is 19.4 Å². The van der Waals surface area contributed by atoms with E-state index in [1.165, 1.54) is 19.3 Å². The zero-order valence-electron chi connectivity index (χ0n) is 11.5. The molecule has 0 aromatic rings. The molecule has 0 bridgehead atoms. The number of hydrogen-bond donors (Lipinski definition) is 1. The van der Waals surface area contributed by atoms with E-state index in [4.69, 9.17) is 4.74 Å². The van der Waals surface area contributed by atoms with Crippen molar-refractivity contribution >= 4 is 0 Å². The Labute approximate surface area is 110 Å². The number of hydrogen-bond acceptors (Lipinski definition) is 3. The van der Waals surface area contributed by atoms with Crippen molar-refractivity contribution in [3.8, 4) is 6.07 Å². The van der Waals surface area contributed by atoms with Gasteiger partial charge in [-0.25, -0.2) is 0 Å². The Kier molecular flexibility index (Phi) is 4.29. The van der Waals surface area contributed by atoms with Crippen molar-refractivity contribution in [2.75, 3.05) is 6.61 Å². The lowest BCUT2D eigenvalue weighted by molar-refractivity contribution is -0.153. The van der Waals surface area contributed by atoms with Crippen LogP contribution in [0, 0.1) is 16.7 Å². The van der Waals surface area contributed by atoms with Crippen molar-refractivity contribution in [2.45, 2.75) is 76.4 Å². The van der Waals surface area contributed by atoms with Gasteiger partial charge >= 0.3 is 0 Å². The minimum absolute atomic E-state index is 0.0689. The summed E-state index contributed by atoms with van der Waals surface area (Å²) in [5.41, 5.74) is -1.37. The summed E-state index contributed by atoms with van der Waals surface area (Å²) in [6.07, 6.45) is 8.83. The molecule has 1 saturated heterocycles. The van der Waals surface area contributed by atoms with Crippen LogP contribution in [0.3, 0.4) is 0 Å². The first-order valence-electron chi connectivity index (χ1n) is 7.37. The molecule has 0 spiro atoms. The van der Waals surface area contributed by atoms with Crippen LogP contribution in [0.4, 0.5) is 0 Å². The zero-order chi connectivity index (χ0) is 13.1. The van der Waals surface area contributed by atoms with Crippen LogP contribution in [-0.2, 0) is 4.74 Å². The quantitative estimate of drug-likeness (QED) is 0.778. The van der Waals surface area contributed by atoms with E-state index in [2.05, 4.69) is 6.07 Å². The van der Waals surface area contributed by atoms with E-state index in [9.17, 15) is 10.4 Å². The molecule has 2 aliphatic rings. The van der Waals surface area contributed by atoms with Gasteiger partial charge in [0.15, 0.2) is 0 Å². The lowest BCUT2D eigenvalue weighted by Gasteiger charge is -2.47. The lowest BCUT2D eigenvalue weighted by atomic mass is 9.62. The van der Waals surface area contributed by atoms with Crippen LogP contribution >= 0.6 is 0 Å². The van der Waals surface area contributed by atoms with Gasteiger partial charge in [0.1, 0.15) is 0 Å². The molecule has 1 aliphatic carbocycles. The van der Waals surface area contributed by atoms with Gasteiger partial charge < -0.3 is 9.84 Å². The van der Waals surface area contributed by atoms with Crippen LogP contribution in [0.2, 0.25) is 0 Å². The zero-order valence-corrected chi connectivity index (χ0v) is 11.5. The Morgan fingerprint density at radius 3 is 2.28 bits per heavy atom. The van der Waals surface area contributed by atoms with Crippen LogP contribution in [-0.4, -0.2) is 23.4 Å². The van der Waals surface area contributed by atoms with Gasteiger partial charge in [0.25, 0.3) is 0 Å². The summed E-state index contributed by atoms with van der Waals surface area (Å²) in [4.78, 5) is 0. The molecule has 2 rings (SSSR count). The fraction of sp³-hybridized carbons (Fsp3) is 0.933. The average Bonchev–Trinajstić information content (AvgIpc) is 2.28. The third kappa shape index (κ3) is 2.55. The number of rotatable bonds is 1. The molecule has 1 heterocycles. The Balaban J connectivity index is 2.20. The molecule has 0 radical (unpaired) electrons. The third-order valence-corrected chi connectivity index (χ3v) is 4.86. The van der Waals surface area contributed by atoms with Crippen LogP contribution in [0.1, 0.15) is 64.7 Å². The molecular formula is C15H25NO2. The fourth-order valence-electron chi connectivity index (χ4n) is 3.69. The van der Waals surface area contributed by atoms with Crippen molar-refractivity contribution in [1.82, 2.24) is 0 Å². The van der Waals surface area contributed by atoms with Crippen molar-refractivity contribution in [3.05, 3.63) is 0 Å². The number of ether oxygens (including phenoxy) is 1. The summed E-state index contributed by atoms with van der Waals surface area (Å²) in [6, 6.07) is 2.51.